The predicted octanol–water partition coefficient (Wildman–Crippen LogP) is 3.98. The number of rotatable bonds is 8. The summed E-state index contributed by atoms with van der Waals surface area (Å²) in [4.78, 5) is 28.8. The second-order valence-corrected chi connectivity index (χ2v) is 18.3. The van der Waals surface area contributed by atoms with Crippen molar-refractivity contribution in [3.05, 3.63) is 47.6 Å². The second-order valence-electron chi connectivity index (χ2n) is 18.3. The number of amides is 1. The van der Waals surface area contributed by atoms with Crippen molar-refractivity contribution in [2.24, 2.45) is 45.8 Å². The van der Waals surface area contributed by atoms with Crippen LogP contribution in [0.15, 0.2) is 42.0 Å². The van der Waals surface area contributed by atoms with E-state index in [1.54, 1.807) is 23.1 Å². The summed E-state index contributed by atoms with van der Waals surface area (Å²) in [7, 11) is 0. The molecule has 5 aliphatic carbocycles. The number of aliphatic hydroxyl groups is 5. The Bertz CT molecular complexity index is 1710. The molecule has 10 nitrogen and oxygen atoms in total. The number of ketones is 1. The molecule has 0 radical (unpaired) electrons. The van der Waals surface area contributed by atoms with Crippen LogP contribution >= 0.6 is 0 Å². The predicted molar refractivity (Wildman–Crippen MR) is 193 cm³/mol. The Labute approximate surface area is 306 Å². The third kappa shape index (κ3) is 4.83. The number of aryl methyl sites for hydroxylation is 1. The quantitative estimate of drug-likeness (QED) is 0.172. The molecule has 2 saturated heterocycles. The van der Waals surface area contributed by atoms with Crippen molar-refractivity contribution in [2.75, 3.05) is 18.1 Å². The first kappa shape index (κ1) is 36.4. The fourth-order valence-electron chi connectivity index (χ4n) is 12.7. The van der Waals surface area contributed by atoms with Crippen molar-refractivity contribution >= 4 is 17.4 Å². The molecule has 0 unspecified atom stereocenters. The van der Waals surface area contributed by atoms with E-state index in [9.17, 15) is 40.2 Å². The molecule has 0 spiro atoms. The first-order chi connectivity index (χ1) is 24.6. The van der Waals surface area contributed by atoms with Crippen LogP contribution in [0.1, 0.15) is 91.0 Å². The van der Waals surface area contributed by atoms with Crippen molar-refractivity contribution in [3.8, 4) is 5.75 Å². The summed E-state index contributed by atoms with van der Waals surface area (Å²) in [5.41, 5.74) is -3.84. The average molecular weight is 720 g/mol. The number of ether oxygens (including phenoxy) is 1. The molecule has 3 saturated carbocycles. The molecule has 10 heteroatoms. The highest BCUT2D eigenvalue weighted by molar-refractivity contribution is 5.98. The molecule has 7 aliphatic rings. The lowest BCUT2D eigenvalue weighted by molar-refractivity contribution is -0.203. The van der Waals surface area contributed by atoms with E-state index in [0.29, 0.717) is 68.7 Å². The SMILES string of the molecule is CC(C)[C@@H](C)[C@@H]1O[C@H]1[C@@]1(O)CC=C[C@@H]2C[C@H]3C(=CC(=O)[C@]4(CO)C[C@@H](O)[C@@H](O)C[C@]34C)[C@]3(O)CC[C@H]1[C@@]23CCc1cc(O)cc(N2CCCC2=O)c1. The van der Waals surface area contributed by atoms with E-state index in [2.05, 4.69) is 32.9 Å². The van der Waals surface area contributed by atoms with Crippen molar-refractivity contribution in [1.29, 1.82) is 0 Å². The Hall–Kier alpha value is -2.60. The van der Waals surface area contributed by atoms with Gasteiger partial charge in [-0.05, 0) is 116 Å². The van der Waals surface area contributed by atoms with Gasteiger partial charge in [-0.25, -0.2) is 0 Å². The summed E-state index contributed by atoms with van der Waals surface area (Å²) >= 11 is 0. The number of carbonyl (C=O) groups excluding carboxylic acids is 2. The third-order valence-corrected chi connectivity index (χ3v) is 15.9. The Balaban J connectivity index is 1.25. The van der Waals surface area contributed by atoms with Crippen molar-refractivity contribution in [1.82, 2.24) is 0 Å². The summed E-state index contributed by atoms with van der Waals surface area (Å²) in [6, 6.07) is 5.28. The summed E-state index contributed by atoms with van der Waals surface area (Å²) < 4.78 is 6.38. The Kier molecular flexibility index (Phi) is 8.54. The van der Waals surface area contributed by atoms with Gasteiger partial charge in [0.2, 0.25) is 5.91 Å². The van der Waals surface area contributed by atoms with E-state index in [1.807, 2.05) is 13.0 Å². The molecule has 1 amide bonds. The summed E-state index contributed by atoms with van der Waals surface area (Å²) in [5.74, 6) is -0.645. The van der Waals surface area contributed by atoms with Crippen molar-refractivity contribution in [3.63, 3.8) is 0 Å². The van der Waals surface area contributed by atoms with Crippen LogP contribution in [-0.4, -0.2) is 91.1 Å². The number of fused-ring (bicyclic) bond motifs is 4. The zero-order chi connectivity index (χ0) is 37.2. The van der Waals surface area contributed by atoms with Gasteiger partial charge in [-0.15, -0.1) is 0 Å². The maximum atomic E-state index is 14.4. The summed E-state index contributed by atoms with van der Waals surface area (Å²) in [5, 5.41) is 70.3. The van der Waals surface area contributed by atoms with E-state index < -0.39 is 52.4 Å². The van der Waals surface area contributed by atoms with Gasteiger partial charge in [-0.1, -0.05) is 39.8 Å². The number of carbonyl (C=O) groups is 2. The van der Waals surface area contributed by atoms with Gasteiger partial charge in [0, 0.05) is 36.1 Å². The zero-order valence-corrected chi connectivity index (χ0v) is 31.0. The maximum Gasteiger partial charge on any atom is 0.227 e. The lowest BCUT2D eigenvalue weighted by atomic mass is 9.39. The van der Waals surface area contributed by atoms with E-state index in [4.69, 9.17) is 4.74 Å². The molecule has 8 rings (SSSR count). The van der Waals surface area contributed by atoms with E-state index >= 15 is 0 Å². The molecule has 0 aromatic heterocycles. The van der Waals surface area contributed by atoms with Crippen LogP contribution in [-0.2, 0) is 20.7 Å². The van der Waals surface area contributed by atoms with Crippen LogP contribution in [0.5, 0.6) is 5.75 Å². The third-order valence-electron chi connectivity index (χ3n) is 15.9. The molecule has 52 heavy (non-hydrogen) atoms. The highest BCUT2D eigenvalue weighted by Gasteiger charge is 2.77. The number of aromatic hydroxyl groups is 1. The van der Waals surface area contributed by atoms with Crippen LogP contribution in [0.4, 0.5) is 5.69 Å². The van der Waals surface area contributed by atoms with Crippen molar-refractivity contribution in [2.45, 2.75) is 128 Å². The van der Waals surface area contributed by atoms with Gasteiger partial charge >= 0.3 is 0 Å². The van der Waals surface area contributed by atoms with Crippen LogP contribution in [0.3, 0.4) is 0 Å². The molecular weight excluding hydrogens is 662 g/mol. The Morgan fingerprint density at radius 2 is 1.81 bits per heavy atom. The van der Waals surface area contributed by atoms with E-state index in [-0.39, 0.29) is 60.1 Å². The molecule has 1 aromatic carbocycles. The fourth-order valence-corrected chi connectivity index (χ4v) is 12.7. The van der Waals surface area contributed by atoms with Gasteiger partial charge in [0.25, 0.3) is 0 Å². The minimum absolute atomic E-state index is 0.0242. The number of aliphatic hydroxyl groups excluding tert-OH is 3. The monoisotopic (exact) mass is 719 g/mol. The number of phenolic OH excluding ortho intramolecular Hbond substituents is 1. The Morgan fingerprint density at radius 1 is 1.06 bits per heavy atom. The number of epoxide rings is 1. The van der Waals surface area contributed by atoms with Crippen LogP contribution in [0.2, 0.25) is 0 Å². The number of benzene rings is 1. The molecule has 2 heterocycles. The maximum absolute atomic E-state index is 14.4. The standard InChI is InChI=1S/C42H57NO9/c1-23(2)24(3)36-37(52-36)41(50)11-5-7-26-17-29-30(19-34(48)39(22-44)21-32(47)31(46)20-38(29,39)4)42(51)13-10-33(41)40(26,42)12-9-25-15-27(18-28(45)16-25)43-14-6-8-35(43)49/h5,7,15-16,18-19,23-24,26,29,31-33,36-37,44-47,50-51H,6,8-14,17,20-22H2,1-4H3/t24-,26-,29+,31+,32-,33+,36+,37-,38-,39-,40-,41-,42-/m1/s1. The van der Waals surface area contributed by atoms with E-state index in [0.717, 1.165) is 12.0 Å². The van der Waals surface area contributed by atoms with Gasteiger partial charge in [0.05, 0.1) is 35.9 Å². The highest BCUT2D eigenvalue weighted by atomic mass is 16.6. The smallest absolute Gasteiger partial charge is 0.227 e. The van der Waals surface area contributed by atoms with Crippen LogP contribution in [0.25, 0.3) is 0 Å². The number of hydrogen-bond acceptors (Lipinski definition) is 9. The average Bonchev–Trinajstić information content (AvgIpc) is 3.71. The highest BCUT2D eigenvalue weighted by Crippen LogP contribution is 2.75. The van der Waals surface area contributed by atoms with E-state index in [1.165, 1.54) is 0 Å². The largest absolute Gasteiger partial charge is 0.508 e. The number of nitrogens with zero attached hydrogens (tertiary/aromatic N) is 1. The number of phenols is 1. The van der Waals surface area contributed by atoms with Gasteiger partial charge in [0.15, 0.2) is 5.78 Å². The molecule has 0 bridgehead atoms. The topological polar surface area (TPSA) is 171 Å². The number of hydrogen-bond donors (Lipinski definition) is 6. The lowest BCUT2D eigenvalue weighted by Crippen LogP contribution is -2.69. The molecule has 6 N–H and O–H groups in total. The first-order valence-corrected chi connectivity index (χ1v) is 19.7. The van der Waals surface area contributed by atoms with Gasteiger partial charge in [-0.3, -0.25) is 9.59 Å². The normalized spacial score (nSPS) is 45.7. The van der Waals surface area contributed by atoms with Crippen molar-refractivity contribution < 1.29 is 45.0 Å². The fraction of sp³-hybridized carbons (Fsp3) is 0.714. The second kappa shape index (κ2) is 12.2. The first-order valence-electron chi connectivity index (χ1n) is 19.7. The van der Waals surface area contributed by atoms with Gasteiger partial charge in [-0.2, -0.15) is 0 Å². The summed E-state index contributed by atoms with van der Waals surface area (Å²) in [6.07, 6.45) is 6.99. The Morgan fingerprint density at radius 3 is 2.50 bits per heavy atom. The van der Waals surface area contributed by atoms with Crippen LogP contribution in [0, 0.1) is 45.8 Å². The molecule has 5 fully saturated rings. The lowest BCUT2D eigenvalue weighted by Gasteiger charge is -2.66. The molecule has 2 aliphatic heterocycles. The minimum Gasteiger partial charge on any atom is -0.508 e. The van der Waals surface area contributed by atoms with Gasteiger partial charge in [0.1, 0.15) is 17.5 Å². The molecular formula is C42H57NO9. The number of allylic oxidation sites excluding steroid dienone is 2. The molecule has 284 valence electrons. The van der Waals surface area contributed by atoms with Crippen LogP contribution < -0.4 is 4.90 Å². The minimum atomic E-state index is -1.51. The molecule has 13 atom stereocenters. The zero-order valence-electron chi connectivity index (χ0n) is 31.0. The summed E-state index contributed by atoms with van der Waals surface area (Å²) in [6.45, 7) is 8.55. The molecule has 1 aromatic rings. The van der Waals surface area contributed by atoms with Gasteiger partial charge < -0.3 is 40.3 Å². The number of anilines is 1.